The molecule has 2 nitrogen and oxygen atoms in total. The average Bonchev–Trinajstić information content (AvgIpc) is 3.29. The summed E-state index contributed by atoms with van der Waals surface area (Å²) in [5.74, 6) is 8.83. The van der Waals surface area contributed by atoms with Crippen LogP contribution in [0.3, 0.4) is 0 Å². The molecule has 0 amide bonds. The van der Waals surface area contributed by atoms with Crippen molar-refractivity contribution >= 4 is 0 Å². The molecule has 128 valence electrons. The van der Waals surface area contributed by atoms with E-state index in [1.165, 1.54) is 19.3 Å². The summed E-state index contributed by atoms with van der Waals surface area (Å²) in [6.07, 6.45) is 9.50. The van der Waals surface area contributed by atoms with E-state index in [4.69, 9.17) is 4.74 Å². The molecule has 6 aliphatic carbocycles. The fraction of sp³-hybridized carbons (Fsp3) is 0.864. The van der Waals surface area contributed by atoms with Crippen molar-refractivity contribution in [3.05, 3.63) is 12.2 Å². The molecule has 0 aromatic heterocycles. The van der Waals surface area contributed by atoms with Gasteiger partial charge >= 0.3 is 0 Å². The number of nitriles is 1. The summed E-state index contributed by atoms with van der Waals surface area (Å²) in [6, 6.07) is 2.69. The molecule has 24 heavy (non-hydrogen) atoms. The lowest BCUT2D eigenvalue weighted by atomic mass is 9.59. The third-order valence-corrected chi connectivity index (χ3v) is 8.96. The van der Waals surface area contributed by atoms with E-state index in [0.29, 0.717) is 11.8 Å². The molecule has 0 N–H and O–H groups in total. The van der Waals surface area contributed by atoms with Crippen LogP contribution < -0.4 is 0 Å². The first-order valence-corrected chi connectivity index (χ1v) is 10.2. The third-order valence-electron chi connectivity index (χ3n) is 8.96. The summed E-state index contributed by atoms with van der Waals surface area (Å²) >= 11 is 0. The molecule has 0 saturated heterocycles. The zero-order chi connectivity index (χ0) is 16.4. The van der Waals surface area contributed by atoms with E-state index in [-0.39, 0.29) is 17.6 Å². The normalized spacial score (nSPS) is 61.4. The summed E-state index contributed by atoms with van der Waals surface area (Å²) in [6.45, 7) is 6.47. The Kier molecular flexibility index (Phi) is 2.57. The SMILES string of the molecule is CC(C)(C)OC1C(C#N)C2CC1C1C3CC(C4C5C=CC(C5)C34)C21. The number of rotatable bonds is 1. The second-order valence-corrected chi connectivity index (χ2v) is 10.7. The van der Waals surface area contributed by atoms with Gasteiger partial charge in [0, 0.05) is 0 Å². The van der Waals surface area contributed by atoms with E-state index in [1.807, 2.05) is 0 Å². The molecule has 5 fully saturated rings. The average molecular weight is 323 g/mol. The highest BCUT2D eigenvalue weighted by Crippen LogP contribution is 2.76. The lowest BCUT2D eigenvalue weighted by Crippen LogP contribution is -2.48. The molecule has 12 atom stereocenters. The van der Waals surface area contributed by atoms with Crippen LogP contribution in [0.4, 0.5) is 0 Å². The van der Waals surface area contributed by atoms with Gasteiger partial charge in [-0.1, -0.05) is 12.2 Å². The van der Waals surface area contributed by atoms with Crippen LogP contribution in [0.25, 0.3) is 0 Å². The zero-order valence-electron chi connectivity index (χ0n) is 15.1. The molecule has 0 aliphatic heterocycles. The lowest BCUT2D eigenvalue weighted by Gasteiger charge is -2.48. The Morgan fingerprint density at radius 2 is 1.42 bits per heavy atom. The van der Waals surface area contributed by atoms with Crippen LogP contribution in [-0.2, 0) is 4.74 Å². The Balaban J connectivity index is 1.36. The van der Waals surface area contributed by atoms with Gasteiger partial charge in [-0.3, -0.25) is 0 Å². The van der Waals surface area contributed by atoms with Crippen LogP contribution in [0.15, 0.2) is 12.2 Å². The molecule has 6 rings (SSSR count). The minimum absolute atomic E-state index is 0.130. The van der Waals surface area contributed by atoms with Gasteiger partial charge in [-0.15, -0.1) is 0 Å². The number of ether oxygens (including phenoxy) is 1. The summed E-state index contributed by atoms with van der Waals surface area (Å²) in [5, 5.41) is 9.90. The van der Waals surface area contributed by atoms with E-state index in [0.717, 1.165) is 47.3 Å². The van der Waals surface area contributed by atoms with Crippen LogP contribution in [0.1, 0.15) is 40.0 Å². The molecule has 12 unspecified atom stereocenters. The molecule has 0 heterocycles. The maximum Gasteiger partial charge on any atom is 0.0774 e. The van der Waals surface area contributed by atoms with Crippen molar-refractivity contribution in [3.63, 3.8) is 0 Å². The van der Waals surface area contributed by atoms with Crippen LogP contribution in [-0.4, -0.2) is 11.7 Å². The van der Waals surface area contributed by atoms with Gasteiger partial charge in [-0.2, -0.15) is 5.26 Å². The predicted octanol–water partition coefficient (Wildman–Crippen LogP) is 4.28. The molecule has 0 aromatic rings. The monoisotopic (exact) mass is 323 g/mol. The minimum Gasteiger partial charge on any atom is -0.371 e. The summed E-state index contributed by atoms with van der Waals surface area (Å²) in [5.41, 5.74) is -0.130. The number of nitrogens with zero attached hydrogens (tertiary/aromatic N) is 1. The smallest absolute Gasteiger partial charge is 0.0774 e. The van der Waals surface area contributed by atoms with Crippen LogP contribution in [0, 0.1) is 76.4 Å². The van der Waals surface area contributed by atoms with Gasteiger partial charge in [0.1, 0.15) is 0 Å². The number of hydrogen-bond acceptors (Lipinski definition) is 2. The van der Waals surface area contributed by atoms with Gasteiger partial charge < -0.3 is 4.74 Å². The third kappa shape index (κ3) is 1.53. The summed E-state index contributed by atoms with van der Waals surface area (Å²) in [7, 11) is 0. The maximum absolute atomic E-state index is 9.90. The Hall–Kier alpha value is -0.810. The molecule has 0 spiro atoms. The molecule has 0 aromatic carbocycles. The van der Waals surface area contributed by atoms with Crippen molar-refractivity contribution in [2.45, 2.75) is 51.7 Å². The molecule has 2 heteroatoms. The second kappa shape index (κ2) is 4.29. The van der Waals surface area contributed by atoms with Crippen LogP contribution in [0.2, 0.25) is 0 Å². The molecule has 6 aliphatic rings. The number of fused-ring (bicyclic) bond motifs is 16. The van der Waals surface area contributed by atoms with Crippen molar-refractivity contribution in [2.24, 2.45) is 65.1 Å². The Labute approximate surface area is 145 Å². The van der Waals surface area contributed by atoms with E-state index < -0.39 is 0 Å². The van der Waals surface area contributed by atoms with E-state index in [9.17, 15) is 5.26 Å². The first kappa shape index (κ1) is 14.4. The van der Waals surface area contributed by atoms with Crippen LogP contribution in [0.5, 0.6) is 0 Å². The van der Waals surface area contributed by atoms with Crippen molar-refractivity contribution in [2.75, 3.05) is 0 Å². The number of hydrogen-bond donors (Lipinski definition) is 0. The van der Waals surface area contributed by atoms with Gasteiger partial charge in [-0.05, 0) is 99.2 Å². The number of allylic oxidation sites excluding steroid dienone is 2. The maximum atomic E-state index is 9.90. The van der Waals surface area contributed by atoms with Crippen molar-refractivity contribution in [1.82, 2.24) is 0 Å². The predicted molar refractivity (Wildman–Crippen MR) is 91.6 cm³/mol. The quantitative estimate of drug-likeness (QED) is 0.533. The molecule has 6 bridgehead atoms. The largest absolute Gasteiger partial charge is 0.371 e. The Morgan fingerprint density at radius 3 is 2.00 bits per heavy atom. The zero-order valence-corrected chi connectivity index (χ0v) is 15.1. The lowest BCUT2D eigenvalue weighted by molar-refractivity contribution is -0.126. The highest BCUT2D eigenvalue weighted by Gasteiger charge is 2.73. The van der Waals surface area contributed by atoms with E-state index >= 15 is 0 Å². The molecular formula is C22H29NO. The highest BCUT2D eigenvalue weighted by atomic mass is 16.5. The summed E-state index contributed by atoms with van der Waals surface area (Å²) in [4.78, 5) is 0. The van der Waals surface area contributed by atoms with Crippen LogP contribution >= 0.6 is 0 Å². The fourth-order valence-corrected chi connectivity index (χ4v) is 8.95. The first-order valence-electron chi connectivity index (χ1n) is 10.2. The first-order chi connectivity index (χ1) is 11.5. The van der Waals surface area contributed by atoms with Gasteiger partial charge in [0.15, 0.2) is 0 Å². The summed E-state index contributed by atoms with van der Waals surface area (Å²) < 4.78 is 6.49. The van der Waals surface area contributed by atoms with Gasteiger partial charge in [0.2, 0.25) is 0 Å². The Morgan fingerprint density at radius 1 is 0.833 bits per heavy atom. The molecule has 5 saturated carbocycles. The van der Waals surface area contributed by atoms with Gasteiger partial charge in [0.05, 0.1) is 23.7 Å². The minimum atomic E-state index is -0.130. The Bertz CT molecular complexity index is 654. The highest BCUT2D eigenvalue weighted by molar-refractivity contribution is 5.27. The fourth-order valence-electron chi connectivity index (χ4n) is 8.95. The van der Waals surface area contributed by atoms with Crippen molar-refractivity contribution in [1.29, 1.82) is 5.26 Å². The topological polar surface area (TPSA) is 33.0 Å². The van der Waals surface area contributed by atoms with E-state index in [2.05, 4.69) is 39.0 Å². The molecule has 0 radical (unpaired) electrons. The second-order valence-electron chi connectivity index (χ2n) is 10.7. The van der Waals surface area contributed by atoms with Gasteiger partial charge in [0.25, 0.3) is 0 Å². The van der Waals surface area contributed by atoms with Crippen molar-refractivity contribution in [3.8, 4) is 6.07 Å². The van der Waals surface area contributed by atoms with Crippen molar-refractivity contribution < 1.29 is 4.74 Å². The van der Waals surface area contributed by atoms with E-state index in [1.54, 1.807) is 0 Å². The standard InChI is InChI=1S/C22H29NO/c1-22(2,3)24-21-15-7-12(16(21)9-23)19-13-8-14(20(15)19)18-11-5-4-10(6-11)17(13)18/h4-5,10-21H,6-8H2,1-3H3. The van der Waals surface area contributed by atoms with Gasteiger partial charge in [-0.25, -0.2) is 0 Å². The molecular weight excluding hydrogens is 294 g/mol.